The van der Waals surface area contributed by atoms with Gasteiger partial charge in [-0.05, 0) is 44.4 Å². The van der Waals surface area contributed by atoms with Gasteiger partial charge in [-0.25, -0.2) is 0 Å². The van der Waals surface area contributed by atoms with Crippen LogP contribution >= 0.6 is 11.6 Å². The highest BCUT2D eigenvalue weighted by Crippen LogP contribution is 2.44. The predicted octanol–water partition coefficient (Wildman–Crippen LogP) is 2.30. The van der Waals surface area contributed by atoms with Crippen molar-refractivity contribution in [3.8, 4) is 0 Å². The highest BCUT2D eigenvalue weighted by Gasteiger charge is 2.50. The third-order valence-corrected chi connectivity index (χ3v) is 7.70. The van der Waals surface area contributed by atoms with E-state index in [9.17, 15) is 14.4 Å². The maximum atomic E-state index is 12.8. The molecule has 8 nitrogen and oxygen atoms in total. The average molecular weight is 491 g/mol. The lowest BCUT2D eigenvalue weighted by atomic mass is 9.75. The summed E-state index contributed by atoms with van der Waals surface area (Å²) in [5, 5.41) is 3.40. The molecule has 1 spiro atoms. The molecule has 0 bridgehead atoms. The molecule has 3 aliphatic rings. The minimum Gasteiger partial charge on any atom is -0.462 e. The maximum absolute atomic E-state index is 12.8. The molecule has 0 radical (unpaired) electrons. The second kappa shape index (κ2) is 10.5. The number of ether oxygens (including phenoxy) is 1. The third kappa shape index (κ3) is 5.66. The highest BCUT2D eigenvalue weighted by atomic mass is 35.5. The van der Waals surface area contributed by atoms with Gasteiger partial charge in [0.05, 0.1) is 5.41 Å². The minimum atomic E-state index is -0.547. The lowest BCUT2D eigenvalue weighted by Crippen LogP contribution is -2.51. The number of hydrogen-bond acceptors (Lipinski definition) is 6. The molecular formula is C25H35ClN4O4. The molecule has 0 aromatic heterocycles. The molecule has 34 heavy (non-hydrogen) atoms. The summed E-state index contributed by atoms with van der Waals surface area (Å²) in [6.07, 6.45) is 2.77. The van der Waals surface area contributed by atoms with Crippen molar-refractivity contribution < 1.29 is 19.1 Å². The first kappa shape index (κ1) is 24.8. The fourth-order valence-electron chi connectivity index (χ4n) is 5.43. The number of carbonyl (C=O) groups excluding carboxylic acids is 3. The number of halogens is 1. The summed E-state index contributed by atoms with van der Waals surface area (Å²) < 4.78 is 5.79. The number of rotatable bonds is 6. The van der Waals surface area contributed by atoms with Crippen molar-refractivity contribution in [2.45, 2.75) is 51.7 Å². The molecule has 1 N–H and O–H groups in total. The second-order valence-electron chi connectivity index (χ2n) is 9.86. The molecular weight excluding hydrogens is 456 g/mol. The molecule has 3 aliphatic heterocycles. The average Bonchev–Trinajstić information content (AvgIpc) is 3.12. The van der Waals surface area contributed by atoms with Gasteiger partial charge in [0.2, 0.25) is 11.8 Å². The van der Waals surface area contributed by atoms with Gasteiger partial charge in [0, 0.05) is 69.9 Å². The topological polar surface area (TPSA) is 82.2 Å². The number of nitrogens with one attached hydrogen (secondary N) is 1. The van der Waals surface area contributed by atoms with Gasteiger partial charge in [-0.15, -0.1) is 0 Å². The second-order valence-corrected chi connectivity index (χ2v) is 10.3. The Hall–Kier alpha value is -2.32. The standard InChI is InChI=1S/C25H35ClN4O4/c1-18(27-19(2)31)23(32)30-10-7-25(8-11-30)17-22(34-24(25)33)6-9-28-12-14-29(15-13-28)21-5-3-4-20(26)16-21/h3-5,16,18,22H,6-15,17H2,1-2H3,(H,27,31)/t18-,22+/m1/s1. The number of nitrogens with zero attached hydrogens (tertiary/aromatic N) is 3. The highest BCUT2D eigenvalue weighted by molar-refractivity contribution is 6.30. The first-order valence-electron chi connectivity index (χ1n) is 12.3. The van der Waals surface area contributed by atoms with Crippen molar-refractivity contribution in [3.63, 3.8) is 0 Å². The Bertz CT molecular complexity index is 910. The Morgan fingerprint density at radius 3 is 2.53 bits per heavy atom. The zero-order valence-corrected chi connectivity index (χ0v) is 20.9. The van der Waals surface area contributed by atoms with E-state index >= 15 is 0 Å². The Morgan fingerprint density at radius 1 is 1.18 bits per heavy atom. The van der Waals surface area contributed by atoms with E-state index in [4.69, 9.17) is 16.3 Å². The molecule has 1 aromatic carbocycles. The molecule has 0 saturated carbocycles. The molecule has 1 aromatic rings. The summed E-state index contributed by atoms with van der Waals surface area (Å²) in [7, 11) is 0. The number of likely N-dealkylation sites (tertiary alicyclic amines) is 1. The summed E-state index contributed by atoms with van der Waals surface area (Å²) in [6, 6.07) is 7.43. The molecule has 4 rings (SSSR count). The number of esters is 1. The van der Waals surface area contributed by atoms with E-state index in [1.54, 1.807) is 11.8 Å². The number of cyclic esters (lactones) is 1. The molecule has 0 aliphatic carbocycles. The van der Waals surface area contributed by atoms with Gasteiger partial charge in [0.15, 0.2) is 0 Å². The van der Waals surface area contributed by atoms with Crippen LogP contribution in [0.15, 0.2) is 24.3 Å². The van der Waals surface area contributed by atoms with Crippen LogP contribution in [0.4, 0.5) is 5.69 Å². The molecule has 2 atom stereocenters. The van der Waals surface area contributed by atoms with Crippen LogP contribution in [0.5, 0.6) is 0 Å². The molecule has 3 heterocycles. The number of benzene rings is 1. The SMILES string of the molecule is CC(=O)N[C@H](C)C(=O)N1CCC2(CC1)C[C@H](CCN1CCN(c3cccc(Cl)c3)CC1)OC2=O. The molecule has 186 valence electrons. The van der Waals surface area contributed by atoms with Crippen LogP contribution in [0.2, 0.25) is 5.02 Å². The van der Waals surface area contributed by atoms with Crippen molar-refractivity contribution in [3.05, 3.63) is 29.3 Å². The van der Waals surface area contributed by atoms with E-state index < -0.39 is 11.5 Å². The number of amides is 2. The number of hydrogen-bond donors (Lipinski definition) is 1. The van der Waals surface area contributed by atoms with Gasteiger partial charge in [-0.3, -0.25) is 19.3 Å². The van der Waals surface area contributed by atoms with Crippen molar-refractivity contribution in [2.75, 3.05) is 50.7 Å². The summed E-state index contributed by atoms with van der Waals surface area (Å²) in [6.45, 7) is 8.92. The van der Waals surface area contributed by atoms with Crippen LogP contribution in [-0.4, -0.2) is 85.5 Å². The van der Waals surface area contributed by atoms with Crippen molar-refractivity contribution in [1.29, 1.82) is 0 Å². The monoisotopic (exact) mass is 490 g/mol. The summed E-state index contributed by atoms with van der Waals surface area (Å²) in [4.78, 5) is 43.1. The van der Waals surface area contributed by atoms with Crippen LogP contribution in [0, 0.1) is 5.41 Å². The van der Waals surface area contributed by atoms with E-state index in [0.717, 1.165) is 56.3 Å². The minimum absolute atomic E-state index is 0.0565. The number of piperidine rings is 1. The normalized spacial score (nSPS) is 23.6. The van der Waals surface area contributed by atoms with Gasteiger partial charge >= 0.3 is 5.97 Å². The van der Waals surface area contributed by atoms with Crippen LogP contribution in [0.25, 0.3) is 0 Å². The smallest absolute Gasteiger partial charge is 0.312 e. The third-order valence-electron chi connectivity index (χ3n) is 7.46. The van der Waals surface area contributed by atoms with Crippen LogP contribution in [0.3, 0.4) is 0 Å². The zero-order valence-electron chi connectivity index (χ0n) is 20.1. The maximum Gasteiger partial charge on any atom is 0.312 e. The van der Waals surface area contributed by atoms with E-state index in [1.165, 1.54) is 6.92 Å². The number of piperazine rings is 1. The Labute approximate surface area is 206 Å². The number of anilines is 1. The summed E-state index contributed by atoms with van der Waals surface area (Å²) in [5.41, 5.74) is 0.694. The van der Waals surface area contributed by atoms with Gasteiger partial charge in [-0.2, -0.15) is 0 Å². The number of carbonyl (C=O) groups is 3. The van der Waals surface area contributed by atoms with Crippen LogP contribution < -0.4 is 10.2 Å². The molecule has 0 unspecified atom stereocenters. The molecule has 2 amide bonds. The van der Waals surface area contributed by atoms with E-state index in [1.807, 2.05) is 18.2 Å². The summed E-state index contributed by atoms with van der Waals surface area (Å²) >= 11 is 6.13. The largest absolute Gasteiger partial charge is 0.462 e. The van der Waals surface area contributed by atoms with Gasteiger partial charge in [0.1, 0.15) is 12.1 Å². The molecule has 9 heteroatoms. The lowest BCUT2D eigenvalue weighted by Gasteiger charge is -2.37. The fraction of sp³-hybridized carbons (Fsp3) is 0.640. The first-order valence-corrected chi connectivity index (χ1v) is 12.6. The van der Waals surface area contributed by atoms with Crippen molar-refractivity contribution in [2.24, 2.45) is 5.41 Å². The summed E-state index contributed by atoms with van der Waals surface area (Å²) in [5.74, 6) is -0.419. The van der Waals surface area contributed by atoms with Gasteiger partial charge in [-0.1, -0.05) is 17.7 Å². The van der Waals surface area contributed by atoms with Crippen LogP contribution in [-0.2, 0) is 19.1 Å². The van der Waals surface area contributed by atoms with E-state index in [-0.39, 0.29) is 23.9 Å². The van der Waals surface area contributed by atoms with E-state index in [0.29, 0.717) is 25.9 Å². The Balaban J connectivity index is 1.21. The van der Waals surface area contributed by atoms with Gasteiger partial charge in [0.25, 0.3) is 0 Å². The van der Waals surface area contributed by atoms with E-state index in [2.05, 4.69) is 21.2 Å². The lowest BCUT2D eigenvalue weighted by molar-refractivity contribution is -0.153. The fourth-order valence-corrected chi connectivity index (χ4v) is 5.62. The van der Waals surface area contributed by atoms with Crippen LogP contribution in [0.1, 0.15) is 39.5 Å². The first-order chi connectivity index (χ1) is 16.3. The zero-order chi connectivity index (χ0) is 24.3. The van der Waals surface area contributed by atoms with Crippen molar-refractivity contribution >= 4 is 35.1 Å². The van der Waals surface area contributed by atoms with Crippen molar-refractivity contribution in [1.82, 2.24) is 15.1 Å². The van der Waals surface area contributed by atoms with Gasteiger partial charge < -0.3 is 19.9 Å². The molecule has 3 saturated heterocycles. The molecule has 3 fully saturated rings. The Morgan fingerprint density at radius 2 is 1.88 bits per heavy atom. The Kier molecular flexibility index (Phi) is 7.67. The quantitative estimate of drug-likeness (QED) is 0.616. The predicted molar refractivity (Wildman–Crippen MR) is 131 cm³/mol.